The van der Waals surface area contributed by atoms with E-state index in [9.17, 15) is 4.39 Å². The van der Waals surface area contributed by atoms with Crippen LogP contribution in [-0.2, 0) is 13.1 Å². The third-order valence-corrected chi connectivity index (χ3v) is 3.74. The van der Waals surface area contributed by atoms with Crippen molar-refractivity contribution in [1.29, 1.82) is 0 Å². The Hall–Kier alpha value is -2.42. The van der Waals surface area contributed by atoms with Gasteiger partial charge in [-0.15, -0.1) is 24.0 Å². The number of hydrogen-bond donors (Lipinski definition) is 2. The van der Waals surface area contributed by atoms with Crippen LogP contribution in [0.2, 0.25) is 0 Å². The van der Waals surface area contributed by atoms with Crippen molar-refractivity contribution in [3.05, 3.63) is 83.9 Å². The van der Waals surface area contributed by atoms with Crippen LogP contribution in [0.3, 0.4) is 0 Å². The Balaban J connectivity index is 0.00000243. The van der Waals surface area contributed by atoms with Crippen molar-refractivity contribution in [2.24, 2.45) is 4.99 Å². The van der Waals surface area contributed by atoms with Crippen molar-refractivity contribution < 1.29 is 4.39 Å². The predicted molar refractivity (Wildman–Crippen MR) is 112 cm³/mol. The van der Waals surface area contributed by atoms with Crippen molar-refractivity contribution >= 4 is 29.9 Å². The molecule has 0 saturated carbocycles. The first kappa shape index (κ1) is 19.9. The molecule has 5 nitrogen and oxygen atoms in total. The van der Waals surface area contributed by atoms with Crippen LogP contribution in [0.25, 0.3) is 5.69 Å². The number of rotatable bonds is 5. The van der Waals surface area contributed by atoms with E-state index >= 15 is 0 Å². The minimum Gasteiger partial charge on any atom is -0.352 e. The zero-order valence-electron chi connectivity index (χ0n) is 14.4. The fourth-order valence-corrected chi connectivity index (χ4v) is 2.43. The maximum Gasteiger partial charge on any atom is 0.191 e. The third-order valence-electron chi connectivity index (χ3n) is 3.74. The molecule has 0 spiro atoms. The van der Waals surface area contributed by atoms with Gasteiger partial charge in [0, 0.05) is 32.5 Å². The first-order chi connectivity index (χ1) is 12.2. The zero-order chi connectivity index (χ0) is 17.5. The number of nitrogens with zero attached hydrogens (tertiary/aromatic N) is 3. The second kappa shape index (κ2) is 9.91. The molecule has 2 N–H and O–H groups in total. The summed E-state index contributed by atoms with van der Waals surface area (Å²) in [5.41, 5.74) is 3.01. The Kier molecular flexibility index (Phi) is 7.58. The second-order valence-electron chi connectivity index (χ2n) is 5.53. The van der Waals surface area contributed by atoms with E-state index in [0.717, 1.165) is 16.8 Å². The van der Waals surface area contributed by atoms with Gasteiger partial charge in [-0.05, 0) is 41.5 Å². The van der Waals surface area contributed by atoms with E-state index in [1.54, 1.807) is 19.3 Å². The van der Waals surface area contributed by atoms with Crippen LogP contribution >= 0.6 is 24.0 Å². The summed E-state index contributed by atoms with van der Waals surface area (Å²) in [5, 5.41) is 10.6. The van der Waals surface area contributed by atoms with Crippen molar-refractivity contribution in [1.82, 2.24) is 20.4 Å². The molecule has 136 valence electrons. The number of nitrogens with one attached hydrogen (secondary N) is 2. The molecule has 3 rings (SSSR count). The highest BCUT2D eigenvalue weighted by Gasteiger charge is 2.01. The van der Waals surface area contributed by atoms with E-state index < -0.39 is 0 Å². The molecule has 0 unspecified atom stereocenters. The largest absolute Gasteiger partial charge is 0.352 e. The molecular formula is C19H21FIN5. The monoisotopic (exact) mass is 465 g/mol. The first-order valence-electron chi connectivity index (χ1n) is 8.02. The molecule has 7 heteroatoms. The highest BCUT2D eigenvalue weighted by molar-refractivity contribution is 14.0. The fraction of sp³-hybridized carbons (Fsp3) is 0.158. The molecule has 0 aliphatic rings. The molecule has 3 aromatic rings. The van der Waals surface area contributed by atoms with Gasteiger partial charge in [-0.2, -0.15) is 5.10 Å². The van der Waals surface area contributed by atoms with Gasteiger partial charge >= 0.3 is 0 Å². The van der Waals surface area contributed by atoms with Crippen molar-refractivity contribution in [2.75, 3.05) is 7.05 Å². The Morgan fingerprint density at radius 3 is 2.38 bits per heavy atom. The molecule has 0 saturated heterocycles. The van der Waals surface area contributed by atoms with Crippen LogP contribution in [0, 0.1) is 5.82 Å². The molecule has 0 radical (unpaired) electrons. The number of benzene rings is 2. The first-order valence-corrected chi connectivity index (χ1v) is 8.02. The molecule has 1 aromatic heterocycles. The van der Waals surface area contributed by atoms with Gasteiger partial charge in [-0.1, -0.05) is 24.3 Å². The summed E-state index contributed by atoms with van der Waals surface area (Å²) in [7, 11) is 1.71. The van der Waals surface area contributed by atoms with E-state index in [-0.39, 0.29) is 29.8 Å². The summed E-state index contributed by atoms with van der Waals surface area (Å²) >= 11 is 0. The SMILES string of the molecule is CN=C(NCc1ccc(-n2cccn2)cc1)NCc1cccc(F)c1.I. The summed E-state index contributed by atoms with van der Waals surface area (Å²) in [6.45, 7) is 1.15. The topological polar surface area (TPSA) is 54.2 Å². The molecule has 0 aliphatic heterocycles. The minimum absolute atomic E-state index is 0. The van der Waals surface area contributed by atoms with E-state index in [0.29, 0.717) is 19.0 Å². The van der Waals surface area contributed by atoms with Gasteiger partial charge in [-0.3, -0.25) is 4.99 Å². The van der Waals surface area contributed by atoms with Gasteiger partial charge in [0.2, 0.25) is 0 Å². The van der Waals surface area contributed by atoms with Crippen LogP contribution in [-0.4, -0.2) is 22.8 Å². The second-order valence-corrected chi connectivity index (χ2v) is 5.53. The highest BCUT2D eigenvalue weighted by atomic mass is 127. The van der Waals surface area contributed by atoms with E-state index in [1.807, 2.05) is 47.3 Å². The fourth-order valence-electron chi connectivity index (χ4n) is 2.43. The van der Waals surface area contributed by atoms with Crippen LogP contribution in [0.1, 0.15) is 11.1 Å². The summed E-state index contributed by atoms with van der Waals surface area (Å²) in [6.07, 6.45) is 3.66. The van der Waals surface area contributed by atoms with E-state index in [1.165, 1.54) is 12.1 Å². The van der Waals surface area contributed by atoms with Gasteiger partial charge in [-0.25, -0.2) is 9.07 Å². The number of hydrogen-bond acceptors (Lipinski definition) is 2. The van der Waals surface area contributed by atoms with Crippen LogP contribution < -0.4 is 10.6 Å². The summed E-state index contributed by atoms with van der Waals surface area (Å²) in [5.74, 6) is 0.430. The van der Waals surface area contributed by atoms with Gasteiger partial charge in [0.05, 0.1) is 5.69 Å². The molecular weight excluding hydrogens is 444 g/mol. The van der Waals surface area contributed by atoms with Gasteiger partial charge in [0.1, 0.15) is 5.82 Å². The highest BCUT2D eigenvalue weighted by Crippen LogP contribution is 2.08. The van der Waals surface area contributed by atoms with E-state index in [4.69, 9.17) is 0 Å². The number of aromatic nitrogens is 2. The quantitative estimate of drug-likeness (QED) is 0.345. The lowest BCUT2D eigenvalue weighted by Gasteiger charge is -2.12. The number of aliphatic imine (C=N–C) groups is 1. The lowest BCUT2D eigenvalue weighted by molar-refractivity contribution is 0.624. The number of guanidine groups is 1. The average molecular weight is 465 g/mol. The molecule has 1 heterocycles. The molecule has 0 fully saturated rings. The Morgan fingerprint density at radius 2 is 1.77 bits per heavy atom. The molecule has 26 heavy (non-hydrogen) atoms. The number of halogens is 2. The van der Waals surface area contributed by atoms with Gasteiger partial charge in [0.25, 0.3) is 0 Å². The molecule has 0 amide bonds. The molecule has 0 aliphatic carbocycles. The minimum atomic E-state index is -0.237. The molecule has 2 aromatic carbocycles. The predicted octanol–water partition coefficient (Wildman–Crippen LogP) is 3.49. The lowest BCUT2D eigenvalue weighted by Crippen LogP contribution is -2.36. The van der Waals surface area contributed by atoms with Crippen LogP contribution in [0.5, 0.6) is 0 Å². The smallest absolute Gasteiger partial charge is 0.191 e. The van der Waals surface area contributed by atoms with Gasteiger partial charge in [0.15, 0.2) is 5.96 Å². The Bertz CT molecular complexity index is 831. The molecule has 0 bridgehead atoms. The lowest BCUT2D eigenvalue weighted by atomic mass is 10.2. The summed E-state index contributed by atoms with van der Waals surface area (Å²) in [6, 6.07) is 16.5. The van der Waals surface area contributed by atoms with Crippen LogP contribution in [0.15, 0.2) is 72.0 Å². The maximum absolute atomic E-state index is 13.2. The summed E-state index contributed by atoms with van der Waals surface area (Å²) in [4.78, 5) is 4.19. The average Bonchev–Trinajstić information content (AvgIpc) is 3.17. The van der Waals surface area contributed by atoms with Crippen LogP contribution in [0.4, 0.5) is 4.39 Å². The zero-order valence-corrected chi connectivity index (χ0v) is 16.7. The Labute approximate surface area is 169 Å². The third kappa shape index (κ3) is 5.55. The van der Waals surface area contributed by atoms with Crippen molar-refractivity contribution in [3.63, 3.8) is 0 Å². The van der Waals surface area contributed by atoms with Crippen molar-refractivity contribution in [3.8, 4) is 5.69 Å². The van der Waals surface area contributed by atoms with E-state index in [2.05, 4.69) is 20.7 Å². The maximum atomic E-state index is 13.2. The standard InChI is InChI=1S/C19H20FN5.HI/c1-21-19(23-14-16-4-2-5-17(20)12-16)22-13-15-6-8-18(9-7-15)25-11-3-10-24-25;/h2-12H,13-14H2,1H3,(H2,21,22,23);1H. The van der Waals surface area contributed by atoms with Crippen molar-refractivity contribution in [2.45, 2.75) is 13.1 Å². The summed E-state index contributed by atoms with van der Waals surface area (Å²) < 4.78 is 15.0. The van der Waals surface area contributed by atoms with Gasteiger partial charge < -0.3 is 10.6 Å². The molecule has 0 atom stereocenters. The normalized spacial score (nSPS) is 10.9. The Morgan fingerprint density at radius 1 is 1.04 bits per heavy atom.